The summed E-state index contributed by atoms with van der Waals surface area (Å²) < 4.78 is 28.1. The number of Topliss-reactive ketones (excluding diaryl/α,β-unsaturated/α-hetero) is 1. The zero-order valence-corrected chi connectivity index (χ0v) is 16.4. The van der Waals surface area contributed by atoms with Crippen LogP contribution < -0.4 is 5.32 Å². The summed E-state index contributed by atoms with van der Waals surface area (Å²) in [7, 11) is 0. The van der Waals surface area contributed by atoms with E-state index >= 15 is 0 Å². The zero-order chi connectivity index (χ0) is 19.8. The highest BCUT2D eigenvalue weighted by Crippen LogP contribution is 2.44. The first-order chi connectivity index (χ1) is 12.6. The number of hydrogen-bond acceptors (Lipinski definition) is 2. The highest BCUT2D eigenvalue weighted by Gasteiger charge is 2.32. The average molecular weight is 371 g/mol. The van der Waals surface area contributed by atoms with Gasteiger partial charge in [-0.15, -0.1) is 0 Å². The fraction of sp³-hybridized carbons (Fsp3) is 0.435. The number of nitrogens with one attached hydrogen (secondary N) is 1. The van der Waals surface area contributed by atoms with E-state index in [9.17, 15) is 13.6 Å². The van der Waals surface area contributed by atoms with Crippen LogP contribution >= 0.6 is 0 Å². The number of aryl methyl sites for hydroxylation is 1. The van der Waals surface area contributed by atoms with Gasteiger partial charge in [-0.2, -0.15) is 0 Å². The molecule has 0 fully saturated rings. The molecule has 2 aromatic carbocycles. The molecule has 0 spiro atoms. The molecule has 0 radical (unpaired) electrons. The summed E-state index contributed by atoms with van der Waals surface area (Å²) in [6, 6.07) is 9.84. The molecule has 1 aliphatic rings. The van der Waals surface area contributed by atoms with Gasteiger partial charge in [0.2, 0.25) is 0 Å². The Morgan fingerprint density at radius 3 is 2.59 bits per heavy atom. The Balaban J connectivity index is 1.82. The van der Waals surface area contributed by atoms with Crippen LogP contribution in [0.25, 0.3) is 0 Å². The molecule has 27 heavy (non-hydrogen) atoms. The maximum absolute atomic E-state index is 14.7. The summed E-state index contributed by atoms with van der Waals surface area (Å²) in [4.78, 5) is 12.4. The van der Waals surface area contributed by atoms with Crippen LogP contribution in [0.4, 0.5) is 14.5 Å². The summed E-state index contributed by atoms with van der Waals surface area (Å²) in [5.41, 5.74) is 4.03. The second-order valence-corrected chi connectivity index (χ2v) is 8.77. The molecule has 0 heterocycles. The molecule has 0 aromatic heterocycles. The van der Waals surface area contributed by atoms with Crippen molar-refractivity contribution in [2.24, 2.45) is 5.41 Å². The number of carbonyl (C=O) groups excluding carboxylic acids is 1. The topological polar surface area (TPSA) is 29.1 Å². The number of alkyl halides is 1. The largest absolute Gasteiger partial charge is 0.378 e. The summed E-state index contributed by atoms with van der Waals surface area (Å²) in [6.07, 6.45) is 0.0744. The third kappa shape index (κ3) is 4.74. The van der Waals surface area contributed by atoms with Crippen molar-refractivity contribution in [1.82, 2.24) is 0 Å². The molecule has 1 aliphatic carbocycles. The van der Waals surface area contributed by atoms with Gasteiger partial charge in [0.25, 0.3) is 0 Å². The Bertz CT molecular complexity index is 854. The molecule has 2 unspecified atom stereocenters. The number of hydrogen-bond donors (Lipinski definition) is 1. The third-order valence-electron chi connectivity index (χ3n) is 4.98. The van der Waals surface area contributed by atoms with Gasteiger partial charge in [0.15, 0.2) is 0 Å². The summed E-state index contributed by atoms with van der Waals surface area (Å²) in [5.74, 6) is -0.146. The van der Waals surface area contributed by atoms with Crippen LogP contribution in [-0.2, 0) is 11.2 Å². The minimum atomic E-state index is -1.08. The van der Waals surface area contributed by atoms with Gasteiger partial charge in [-0.3, -0.25) is 4.79 Å². The van der Waals surface area contributed by atoms with Gasteiger partial charge in [0.1, 0.15) is 17.8 Å². The monoisotopic (exact) mass is 371 g/mol. The van der Waals surface area contributed by atoms with Gasteiger partial charge < -0.3 is 5.32 Å². The van der Waals surface area contributed by atoms with Crippen LogP contribution in [0, 0.1) is 18.2 Å². The molecule has 0 saturated heterocycles. The predicted molar refractivity (Wildman–Crippen MR) is 105 cm³/mol. The number of fused-ring (bicyclic) bond motifs is 1. The second kappa shape index (κ2) is 7.41. The number of benzene rings is 2. The Morgan fingerprint density at radius 1 is 1.19 bits per heavy atom. The summed E-state index contributed by atoms with van der Waals surface area (Å²) in [6.45, 7) is 8.09. The minimum absolute atomic E-state index is 0.0513. The molecule has 2 aromatic rings. The smallest absolute Gasteiger partial charge is 0.137 e. The molecule has 0 saturated carbocycles. The minimum Gasteiger partial charge on any atom is -0.378 e. The van der Waals surface area contributed by atoms with Crippen LogP contribution in [0.5, 0.6) is 0 Å². The van der Waals surface area contributed by atoms with Gasteiger partial charge in [-0.05, 0) is 52.8 Å². The van der Waals surface area contributed by atoms with Crippen LogP contribution in [-0.4, -0.2) is 5.78 Å². The first kappa shape index (κ1) is 19.5. The predicted octanol–water partition coefficient (Wildman–Crippen LogP) is 6.25. The van der Waals surface area contributed by atoms with Crippen molar-refractivity contribution in [2.45, 2.75) is 59.2 Å². The van der Waals surface area contributed by atoms with Crippen molar-refractivity contribution in [2.75, 3.05) is 5.32 Å². The number of ketones is 1. The van der Waals surface area contributed by atoms with Gasteiger partial charge >= 0.3 is 0 Å². The lowest BCUT2D eigenvalue weighted by Gasteiger charge is -2.18. The molecule has 3 rings (SSSR count). The van der Waals surface area contributed by atoms with Crippen molar-refractivity contribution in [3.05, 3.63) is 64.5 Å². The summed E-state index contributed by atoms with van der Waals surface area (Å²) >= 11 is 0. The first-order valence-electron chi connectivity index (χ1n) is 9.43. The van der Waals surface area contributed by atoms with E-state index < -0.39 is 6.17 Å². The molecule has 1 N–H and O–H groups in total. The lowest BCUT2D eigenvalue weighted by Crippen LogP contribution is -2.15. The lowest BCUT2D eigenvalue weighted by molar-refractivity contribution is -0.120. The molecule has 4 heteroatoms. The van der Waals surface area contributed by atoms with Crippen LogP contribution in [0.15, 0.2) is 36.4 Å². The Labute approximate surface area is 160 Å². The maximum Gasteiger partial charge on any atom is 0.137 e. The number of anilines is 1. The molecule has 2 nitrogen and oxygen atoms in total. The van der Waals surface area contributed by atoms with Crippen molar-refractivity contribution >= 4 is 11.5 Å². The van der Waals surface area contributed by atoms with Crippen LogP contribution in [0.2, 0.25) is 0 Å². The zero-order valence-electron chi connectivity index (χ0n) is 16.4. The van der Waals surface area contributed by atoms with E-state index in [4.69, 9.17) is 0 Å². The Hall–Kier alpha value is -2.23. The number of rotatable bonds is 5. The standard InChI is InChI=1S/C23H27F2NO/c1-14-8-20-19(10-15(14)9-18(27)13-23(2,3)4)21(25)12-22(20)26-17-7-5-6-16(24)11-17/h5-8,10-11,21-22,26H,9,12-13H2,1-4H3. The molecule has 2 atom stereocenters. The molecule has 0 bridgehead atoms. The van der Waals surface area contributed by atoms with Crippen molar-refractivity contribution < 1.29 is 13.6 Å². The van der Waals surface area contributed by atoms with E-state index in [1.165, 1.54) is 12.1 Å². The molecule has 144 valence electrons. The van der Waals surface area contributed by atoms with Crippen molar-refractivity contribution in [1.29, 1.82) is 0 Å². The van der Waals surface area contributed by atoms with Gasteiger partial charge in [-0.25, -0.2) is 8.78 Å². The first-order valence-corrected chi connectivity index (χ1v) is 9.43. The lowest BCUT2D eigenvalue weighted by atomic mass is 9.87. The fourth-order valence-corrected chi connectivity index (χ4v) is 3.80. The number of carbonyl (C=O) groups is 1. The van der Waals surface area contributed by atoms with E-state index in [0.717, 1.165) is 16.7 Å². The van der Waals surface area contributed by atoms with E-state index in [1.54, 1.807) is 12.1 Å². The highest BCUT2D eigenvalue weighted by atomic mass is 19.1. The summed E-state index contributed by atoms with van der Waals surface area (Å²) in [5, 5.41) is 3.24. The number of halogens is 2. The Morgan fingerprint density at radius 2 is 1.93 bits per heavy atom. The molecule has 0 aliphatic heterocycles. The Kier molecular flexibility index (Phi) is 5.36. The van der Waals surface area contributed by atoms with E-state index in [1.807, 2.05) is 39.8 Å². The van der Waals surface area contributed by atoms with E-state index in [0.29, 0.717) is 30.5 Å². The van der Waals surface area contributed by atoms with Crippen LogP contribution in [0.1, 0.15) is 68.1 Å². The van der Waals surface area contributed by atoms with E-state index in [-0.39, 0.29) is 23.1 Å². The normalized spacial score (nSPS) is 19.0. The average Bonchev–Trinajstić information content (AvgIpc) is 2.81. The SMILES string of the molecule is Cc1cc2c(cc1CC(=O)CC(C)(C)C)C(F)CC2Nc1cccc(F)c1. The quantitative estimate of drug-likeness (QED) is 0.673. The van der Waals surface area contributed by atoms with Crippen molar-refractivity contribution in [3.8, 4) is 0 Å². The molecular weight excluding hydrogens is 344 g/mol. The van der Waals surface area contributed by atoms with Gasteiger partial charge in [-0.1, -0.05) is 39.0 Å². The highest BCUT2D eigenvalue weighted by molar-refractivity contribution is 5.82. The third-order valence-corrected chi connectivity index (χ3v) is 4.98. The second-order valence-electron chi connectivity index (χ2n) is 8.77. The van der Waals surface area contributed by atoms with Gasteiger partial charge in [0.05, 0.1) is 6.04 Å². The van der Waals surface area contributed by atoms with Crippen LogP contribution in [0.3, 0.4) is 0 Å². The maximum atomic E-state index is 14.7. The van der Waals surface area contributed by atoms with E-state index in [2.05, 4.69) is 5.32 Å². The van der Waals surface area contributed by atoms with Gasteiger partial charge in [0, 0.05) is 24.9 Å². The molecule has 0 amide bonds. The molecular formula is C23H27F2NO. The van der Waals surface area contributed by atoms with Crippen molar-refractivity contribution in [3.63, 3.8) is 0 Å². The fourth-order valence-electron chi connectivity index (χ4n) is 3.80.